The lowest BCUT2D eigenvalue weighted by Crippen LogP contribution is -2.28. The highest BCUT2D eigenvalue weighted by Gasteiger charge is 2.37. The molecule has 0 aliphatic heterocycles. The molecule has 0 atom stereocenters. The van der Waals surface area contributed by atoms with Gasteiger partial charge in [-0.1, -0.05) is 0 Å². The number of hydrogen-bond donors (Lipinski definition) is 1. The van der Waals surface area contributed by atoms with E-state index in [0.717, 1.165) is 24.2 Å². The van der Waals surface area contributed by atoms with Crippen LogP contribution in [0.15, 0.2) is 12.1 Å². The van der Waals surface area contributed by atoms with E-state index in [2.05, 4.69) is 20.4 Å². The van der Waals surface area contributed by atoms with Crippen molar-refractivity contribution < 1.29 is 8.78 Å². The molecule has 1 aliphatic carbocycles. The summed E-state index contributed by atoms with van der Waals surface area (Å²) >= 11 is 0. The van der Waals surface area contributed by atoms with Crippen LogP contribution >= 0.6 is 0 Å². The number of aromatic nitrogens is 4. The molecule has 0 bridgehead atoms. The molecule has 1 N–H and O–H groups in total. The predicted octanol–water partition coefficient (Wildman–Crippen LogP) is 3.43. The van der Waals surface area contributed by atoms with Crippen LogP contribution in [0.1, 0.15) is 36.3 Å². The topological polar surface area (TPSA) is 55.6 Å². The van der Waals surface area contributed by atoms with Crippen molar-refractivity contribution >= 4 is 5.82 Å². The molecule has 0 unspecified atom stereocenters. The first-order valence-electron chi connectivity index (χ1n) is 7.83. The van der Waals surface area contributed by atoms with Crippen LogP contribution in [-0.4, -0.2) is 32.2 Å². The average Bonchev–Trinajstić information content (AvgIpc) is 3.18. The zero-order valence-electron chi connectivity index (χ0n) is 13.6. The van der Waals surface area contributed by atoms with Crippen molar-refractivity contribution in [1.82, 2.24) is 19.7 Å². The van der Waals surface area contributed by atoms with Gasteiger partial charge < -0.3 is 5.32 Å². The summed E-state index contributed by atoms with van der Waals surface area (Å²) in [5.41, 5.74) is 2.46. The van der Waals surface area contributed by atoms with E-state index < -0.39 is 12.5 Å². The average molecular weight is 321 g/mol. The molecule has 1 aliphatic rings. The molecule has 7 heteroatoms. The van der Waals surface area contributed by atoms with Crippen molar-refractivity contribution in [2.24, 2.45) is 5.92 Å². The summed E-state index contributed by atoms with van der Waals surface area (Å²) in [6.45, 7) is 5.19. The van der Waals surface area contributed by atoms with Crippen molar-refractivity contribution in [3.8, 4) is 5.95 Å². The molecule has 2 heterocycles. The van der Waals surface area contributed by atoms with Crippen LogP contribution in [0.4, 0.5) is 14.6 Å². The molecule has 0 saturated heterocycles. The fourth-order valence-electron chi connectivity index (χ4n) is 2.61. The first-order chi connectivity index (χ1) is 10.8. The van der Waals surface area contributed by atoms with Gasteiger partial charge in [0.25, 0.3) is 11.9 Å². The Morgan fingerprint density at radius 3 is 2.52 bits per heavy atom. The van der Waals surface area contributed by atoms with E-state index in [1.165, 1.54) is 0 Å². The number of hydrogen-bond acceptors (Lipinski definition) is 4. The third-order valence-electron chi connectivity index (χ3n) is 3.85. The van der Waals surface area contributed by atoms with E-state index in [4.69, 9.17) is 0 Å². The molecule has 0 aromatic carbocycles. The molecule has 1 fully saturated rings. The summed E-state index contributed by atoms with van der Waals surface area (Å²) in [7, 11) is 0. The van der Waals surface area contributed by atoms with Crippen molar-refractivity contribution in [1.29, 1.82) is 0 Å². The van der Waals surface area contributed by atoms with Crippen LogP contribution in [0.25, 0.3) is 5.95 Å². The molecule has 2 aromatic rings. The molecule has 0 radical (unpaired) electrons. The van der Waals surface area contributed by atoms with Gasteiger partial charge in [-0.05, 0) is 45.6 Å². The SMILES string of the molecule is Cc1cc(NCC(F)(F)CC2CC2)nc(-n2nc(C)cc2C)n1. The molecule has 124 valence electrons. The molecule has 0 spiro atoms. The van der Waals surface area contributed by atoms with Crippen LogP contribution in [0, 0.1) is 26.7 Å². The van der Waals surface area contributed by atoms with Gasteiger partial charge in [0, 0.05) is 23.9 Å². The zero-order valence-corrected chi connectivity index (χ0v) is 13.6. The number of alkyl halides is 2. The Bertz CT molecular complexity index is 706. The lowest BCUT2D eigenvalue weighted by Gasteiger charge is -2.17. The highest BCUT2D eigenvalue weighted by Crippen LogP contribution is 2.39. The zero-order chi connectivity index (χ0) is 16.6. The highest BCUT2D eigenvalue weighted by atomic mass is 19.3. The maximum absolute atomic E-state index is 13.9. The summed E-state index contributed by atoms with van der Waals surface area (Å²) in [4.78, 5) is 8.66. The summed E-state index contributed by atoms with van der Waals surface area (Å²) in [6, 6.07) is 3.59. The highest BCUT2D eigenvalue weighted by molar-refractivity contribution is 5.39. The maximum Gasteiger partial charge on any atom is 0.265 e. The monoisotopic (exact) mass is 321 g/mol. The van der Waals surface area contributed by atoms with E-state index in [9.17, 15) is 8.78 Å². The molecule has 2 aromatic heterocycles. The Kier molecular flexibility index (Phi) is 4.04. The second-order valence-electron chi connectivity index (χ2n) is 6.39. The maximum atomic E-state index is 13.9. The van der Waals surface area contributed by atoms with E-state index in [1.807, 2.05) is 26.8 Å². The minimum atomic E-state index is -2.71. The van der Waals surface area contributed by atoms with Gasteiger partial charge in [-0.15, -0.1) is 0 Å². The van der Waals surface area contributed by atoms with Crippen LogP contribution < -0.4 is 5.32 Å². The molecule has 3 rings (SSSR count). The van der Waals surface area contributed by atoms with Gasteiger partial charge in [-0.3, -0.25) is 0 Å². The van der Waals surface area contributed by atoms with E-state index in [1.54, 1.807) is 10.7 Å². The first-order valence-corrected chi connectivity index (χ1v) is 7.83. The molecular weight excluding hydrogens is 300 g/mol. The lowest BCUT2D eigenvalue weighted by atomic mass is 10.1. The van der Waals surface area contributed by atoms with E-state index in [-0.39, 0.29) is 12.3 Å². The Morgan fingerprint density at radius 1 is 1.17 bits per heavy atom. The molecule has 0 amide bonds. The van der Waals surface area contributed by atoms with Crippen LogP contribution in [0.5, 0.6) is 0 Å². The van der Waals surface area contributed by atoms with Crippen LogP contribution in [0.3, 0.4) is 0 Å². The number of nitrogens with one attached hydrogen (secondary N) is 1. The first kappa shape index (κ1) is 15.8. The fraction of sp³-hybridized carbons (Fsp3) is 0.562. The van der Waals surface area contributed by atoms with Crippen molar-refractivity contribution in [3.05, 3.63) is 29.2 Å². The summed E-state index contributed by atoms with van der Waals surface area (Å²) in [6.07, 6.45) is 1.79. The molecule has 5 nitrogen and oxygen atoms in total. The normalized spacial score (nSPS) is 15.0. The van der Waals surface area contributed by atoms with Gasteiger partial charge in [-0.2, -0.15) is 10.1 Å². The van der Waals surface area contributed by atoms with E-state index in [0.29, 0.717) is 17.5 Å². The summed E-state index contributed by atoms with van der Waals surface area (Å²) < 4.78 is 29.4. The number of aryl methyl sites for hydroxylation is 3. The van der Waals surface area contributed by atoms with Crippen LogP contribution in [-0.2, 0) is 0 Å². The Hall–Kier alpha value is -2.05. The molecule has 1 saturated carbocycles. The van der Waals surface area contributed by atoms with Gasteiger partial charge in [-0.25, -0.2) is 18.4 Å². The predicted molar refractivity (Wildman–Crippen MR) is 84.1 cm³/mol. The standard InChI is InChI=1S/C16H21F2N5/c1-10-7-14(19-9-16(17,18)8-13-4-5-13)21-15(20-10)23-12(3)6-11(2)22-23/h6-7,13H,4-5,8-9H2,1-3H3,(H,19,20,21). The van der Waals surface area contributed by atoms with Crippen LogP contribution in [0.2, 0.25) is 0 Å². The Morgan fingerprint density at radius 2 is 1.91 bits per heavy atom. The minimum Gasteiger partial charge on any atom is -0.364 e. The second kappa shape index (κ2) is 5.86. The third-order valence-corrected chi connectivity index (χ3v) is 3.85. The fourth-order valence-corrected chi connectivity index (χ4v) is 2.61. The molecule has 23 heavy (non-hydrogen) atoms. The van der Waals surface area contributed by atoms with Crippen molar-refractivity contribution in [3.63, 3.8) is 0 Å². The smallest absolute Gasteiger partial charge is 0.265 e. The second-order valence-corrected chi connectivity index (χ2v) is 6.39. The van der Waals surface area contributed by atoms with Gasteiger partial charge >= 0.3 is 0 Å². The number of nitrogens with zero attached hydrogens (tertiary/aromatic N) is 4. The third kappa shape index (κ3) is 4.03. The lowest BCUT2D eigenvalue weighted by molar-refractivity contribution is 0.000915. The quantitative estimate of drug-likeness (QED) is 0.885. The minimum absolute atomic E-state index is 0.0472. The van der Waals surface area contributed by atoms with Gasteiger partial charge in [0.05, 0.1) is 12.2 Å². The largest absolute Gasteiger partial charge is 0.364 e. The molecular formula is C16H21F2N5. The number of halogens is 2. The number of rotatable bonds is 6. The van der Waals surface area contributed by atoms with Gasteiger partial charge in [0.2, 0.25) is 0 Å². The summed E-state index contributed by atoms with van der Waals surface area (Å²) in [5.74, 6) is -1.73. The Balaban J connectivity index is 1.76. The summed E-state index contributed by atoms with van der Waals surface area (Å²) in [5, 5.41) is 7.09. The Labute approximate surface area is 134 Å². The number of anilines is 1. The van der Waals surface area contributed by atoms with Crippen molar-refractivity contribution in [2.45, 2.75) is 46.0 Å². The van der Waals surface area contributed by atoms with E-state index >= 15 is 0 Å². The van der Waals surface area contributed by atoms with Crippen molar-refractivity contribution in [2.75, 3.05) is 11.9 Å². The van der Waals surface area contributed by atoms with Gasteiger partial charge in [0.1, 0.15) is 5.82 Å². The van der Waals surface area contributed by atoms with Gasteiger partial charge in [0.15, 0.2) is 0 Å².